The predicted octanol–water partition coefficient (Wildman–Crippen LogP) is 0.798. The molecular formula is C11H13N3O. The molecule has 1 aromatic carbocycles. The van der Waals surface area contributed by atoms with E-state index >= 15 is 0 Å². The van der Waals surface area contributed by atoms with Crippen LogP contribution in [0.4, 0.5) is 0 Å². The van der Waals surface area contributed by atoms with Gasteiger partial charge in [-0.2, -0.15) is 5.10 Å². The van der Waals surface area contributed by atoms with Crippen LogP contribution in [0.3, 0.4) is 0 Å². The van der Waals surface area contributed by atoms with Crippen molar-refractivity contribution in [2.24, 2.45) is 5.10 Å². The third-order valence-electron chi connectivity index (χ3n) is 2.51. The standard InChI is InChI=1S/C11H13N3O/c1-8-12-13-10(11(15)14(8)2)9-6-4-3-5-7-9/h3-8,12H,1-2H3. The maximum absolute atomic E-state index is 11.9. The van der Waals surface area contributed by atoms with E-state index in [1.807, 2.05) is 37.3 Å². The second-order valence-corrected chi connectivity index (χ2v) is 3.55. The number of hydrogen-bond acceptors (Lipinski definition) is 3. The Hall–Kier alpha value is -1.84. The van der Waals surface area contributed by atoms with Crippen LogP contribution in [-0.2, 0) is 4.79 Å². The minimum Gasteiger partial charge on any atom is -0.319 e. The second-order valence-electron chi connectivity index (χ2n) is 3.55. The normalized spacial score (nSPS) is 20.9. The van der Waals surface area contributed by atoms with E-state index in [4.69, 9.17) is 0 Å². The van der Waals surface area contributed by atoms with Gasteiger partial charge in [-0.15, -0.1) is 0 Å². The number of likely N-dealkylation sites (N-methyl/N-ethyl adjacent to an activating group) is 1. The van der Waals surface area contributed by atoms with Crippen molar-refractivity contribution in [1.82, 2.24) is 10.3 Å². The van der Waals surface area contributed by atoms with Crippen molar-refractivity contribution in [2.45, 2.75) is 13.1 Å². The first kappa shape index (κ1) is 9.71. The summed E-state index contributed by atoms with van der Waals surface area (Å²) in [7, 11) is 1.76. The van der Waals surface area contributed by atoms with E-state index in [1.165, 1.54) is 0 Å². The van der Waals surface area contributed by atoms with Crippen LogP contribution in [0.1, 0.15) is 12.5 Å². The van der Waals surface area contributed by atoms with Gasteiger partial charge < -0.3 is 4.90 Å². The molecule has 0 bridgehead atoms. The molecule has 0 fully saturated rings. The van der Waals surface area contributed by atoms with E-state index in [2.05, 4.69) is 10.5 Å². The van der Waals surface area contributed by atoms with E-state index in [1.54, 1.807) is 11.9 Å². The van der Waals surface area contributed by atoms with Crippen LogP contribution in [0.25, 0.3) is 0 Å². The van der Waals surface area contributed by atoms with Gasteiger partial charge in [0.2, 0.25) is 0 Å². The fourth-order valence-corrected chi connectivity index (χ4v) is 1.42. The third-order valence-corrected chi connectivity index (χ3v) is 2.51. The highest BCUT2D eigenvalue weighted by atomic mass is 16.2. The molecule has 78 valence electrons. The molecule has 15 heavy (non-hydrogen) atoms. The Morgan fingerprint density at radius 1 is 1.33 bits per heavy atom. The monoisotopic (exact) mass is 203 g/mol. The highest BCUT2D eigenvalue weighted by Gasteiger charge is 2.26. The summed E-state index contributed by atoms with van der Waals surface area (Å²) in [5, 5.41) is 4.09. The summed E-state index contributed by atoms with van der Waals surface area (Å²) in [6.07, 6.45) is -0.0510. The van der Waals surface area contributed by atoms with Crippen molar-refractivity contribution in [1.29, 1.82) is 0 Å². The maximum atomic E-state index is 11.9. The number of benzene rings is 1. The van der Waals surface area contributed by atoms with E-state index < -0.39 is 0 Å². The Morgan fingerprint density at radius 2 is 2.00 bits per heavy atom. The Morgan fingerprint density at radius 3 is 2.67 bits per heavy atom. The number of carbonyl (C=O) groups is 1. The van der Waals surface area contributed by atoms with Crippen LogP contribution < -0.4 is 5.43 Å². The number of nitrogens with one attached hydrogen (secondary N) is 1. The first-order valence-electron chi connectivity index (χ1n) is 4.86. The average Bonchev–Trinajstić information content (AvgIpc) is 2.27. The summed E-state index contributed by atoms with van der Waals surface area (Å²) in [5.74, 6) is -0.0487. The Balaban J connectivity index is 2.35. The van der Waals surface area contributed by atoms with Crippen molar-refractivity contribution < 1.29 is 4.79 Å². The summed E-state index contributed by atoms with van der Waals surface area (Å²) in [4.78, 5) is 13.5. The fourth-order valence-electron chi connectivity index (χ4n) is 1.42. The lowest BCUT2D eigenvalue weighted by atomic mass is 10.1. The molecule has 0 spiro atoms. The van der Waals surface area contributed by atoms with E-state index in [0.29, 0.717) is 5.71 Å². The van der Waals surface area contributed by atoms with Crippen LogP contribution in [-0.4, -0.2) is 29.7 Å². The van der Waals surface area contributed by atoms with E-state index in [9.17, 15) is 4.79 Å². The molecule has 1 atom stereocenters. The summed E-state index contributed by atoms with van der Waals surface area (Å²) in [6, 6.07) is 9.45. The Labute approximate surface area is 88.6 Å². The van der Waals surface area contributed by atoms with Gasteiger partial charge >= 0.3 is 0 Å². The van der Waals surface area contributed by atoms with Gasteiger partial charge in [0, 0.05) is 12.6 Å². The molecule has 1 aliphatic rings. The molecule has 0 radical (unpaired) electrons. The lowest BCUT2D eigenvalue weighted by molar-refractivity contribution is -0.125. The molecule has 0 aromatic heterocycles. The van der Waals surface area contributed by atoms with Gasteiger partial charge in [-0.25, -0.2) is 0 Å². The molecule has 1 aromatic rings. The Bertz CT molecular complexity index is 400. The van der Waals surface area contributed by atoms with Gasteiger partial charge in [0.25, 0.3) is 5.91 Å². The fraction of sp³-hybridized carbons (Fsp3) is 0.273. The number of rotatable bonds is 1. The number of hydrazone groups is 1. The summed E-state index contributed by atoms with van der Waals surface area (Å²) < 4.78 is 0. The molecule has 2 rings (SSSR count). The molecular weight excluding hydrogens is 190 g/mol. The smallest absolute Gasteiger partial charge is 0.276 e. The summed E-state index contributed by atoms with van der Waals surface area (Å²) in [6.45, 7) is 1.89. The zero-order valence-corrected chi connectivity index (χ0v) is 8.77. The molecule has 1 N–H and O–H groups in total. The van der Waals surface area contributed by atoms with Crippen LogP contribution in [0, 0.1) is 0 Å². The minimum absolute atomic E-state index is 0.0487. The average molecular weight is 203 g/mol. The molecule has 4 nitrogen and oxygen atoms in total. The van der Waals surface area contributed by atoms with Gasteiger partial charge in [0.1, 0.15) is 6.17 Å². The van der Waals surface area contributed by atoms with Crippen LogP contribution in [0.15, 0.2) is 35.4 Å². The Kier molecular flexibility index (Phi) is 2.41. The highest BCUT2D eigenvalue weighted by Crippen LogP contribution is 2.08. The summed E-state index contributed by atoms with van der Waals surface area (Å²) >= 11 is 0. The van der Waals surface area contributed by atoms with Gasteiger partial charge in [-0.1, -0.05) is 30.3 Å². The van der Waals surface area contributed by atoms with Crippen LogP contribution in [0.2, 0.25) is 0 Å². The SMILES string of the molecule is CC1NN=C(c2ccccc2)C(=O)N1C. The maximum Gasteiger partial charge on any atom is 0.276 e. The second kappa shape index (κ2) is 3.73. The van der Waals surface area contributed by atoms with Gasteiger partial charge in [-0.05, 0) is 6.92 Å². The van der Waals surface area contributed by atoms with Gasteiger partial charge in [-0.3, -0.25) is 10.2 Å². The molecule has 0 aliphatic carbocycles. The minimum atomic E-state index is -0.0510. The summed E-state index contributed by atoms with van der Waals surface area (Å²) in [5.41, 5.74) is 4.21. The van der Waals surface area contributed by atoms with E-state index in [-0.39, 0.29) is 12.1 Å². The third kappa shape index (κ3) is 1.70. The van der Waals surface area contributed by atoms with Crippen LogP contribution >= 0.6 is 0 Å². The van der Waals surface area contributed by atoms with Crippen molar-refractivity contribution in [3.05, 3.63) is 35.9 Å². The van der Waals surface area contributed by atoms with Gasteiger partial charge in [0.15, 0.2) is 5.71 Å². The number of nitrogens with zero attached hydrogens (tertiary/aromatic N) is 2. The first-order valence-corrected chi connectivity index (χ1v) is 4.86. The zero-order valence-electron chi connectivity index (χ0n) is 8.77. The van der Waals surface area contributed by atoms with Crippen molar-refractivity contribution in [3.63, 3.8) is 0 Å². The van der Waals surface area contributed by atoms with Gasteiger partial charge in [0.05, 0.1) is 0 Å². The predicted molar refractivity (Wildman–Crippen MR) is 58.3 cm³/mol. The number of hydrogen-bond donors (Lipinski definition) is 1. The van der Waals surface area contributed by atoms with Crippen molar-refractivity contribution in [3.8, 4) is 0 Å². The zero-order chi connectivity index (χ0) is 10.8. The molecule has 0 saturated heterocycles. The number of amides is 1. The largest absolute Gasteiger partial charge is 0.319 e. The molecule has 4 heteroatoms. The van der Waals surface area contributed by atoms with Crippen molar-refractivity contribution in [2.75, 3.05) is 7.05 Å². The molecule has 1 amide bonds. The molecule has 0 saturated carbocycles. The van der Waals surface area contributed by atoms with Crippen LogP contribution in [0.5, 0.6) is 0 Å². The first-order chi connectivity index (χ1) is 7.20. The van der Waals surface area contributed by atoms with Crippen molar-refractivity contribution >= 4 is 11.6 Å². The molecule has 1 aliphatic heterocycles. The van der Waals surface area contributed by atoms with E-state index in [0.717, 1.165) is 5.56 Å². The lowest BCUT2D eigenvalue weighted by Gasteiger charge is -2.29. The molecule has 1 unspecified atom stereocenters. The lowest BCUT2D eigenvalue weighted by Crippen LogP contribution is -2.50. The topological polar surface area (TPSA) is 44.7 Å². The molecule has 1 heterocycles. The quantitative estimate of drug-likeness (QED) is 0.733. The highest BCUT2D eigenvalue weighted by molar-refractivity contribution is 6.45. The number of carbonyl (C=O) groups excluding carboxylic acids is 1.